The summed E-state index contributed by atoms with van der Waals surface area (Å²) in [6.45, 7) is 0. The molecule has 0 atom stereocenters. The number of carbonyl (C=O) groups is 1. The minimum absolute atomic E-state index is 0.248. The molecule has 0 saturated carbocycles. The number of aromatic nitrogens is 2. The minimum atomic E-state index is -0.248. The highest BCUT2D eigenvalue weighted by Crippen LogP contribution is 2.23. The average Bonchev–Trinajstić information content (AvgIpc) is 2.70. The Hall–Kier alpha value is -1.82. The molecule has 0 fully saturated rings. The molecule has 2 rings (SSSR count). The monoisotopic (exact) mass is 294 g/mol. The van der Waals surface area contributed by atoms with E-state index in [-0.39, 0.29) is 5.91 Å². The molecule has 5 nitrogen and oxygen atoms in total. The second-order valence-corrected chi connectivity index (χ2v) is 4.47. The van der Waals surface area contributed by atoms with Gasteiger partial charge < -0.3 is 15.6 Å². The Morgan fingerprint density at radius 1 is 1.53 bits per heavy atom. The fraction of sp³-hybridized carbons (Fsp3) is 0.0909. The normalized spacial score (nSPS) is 10.2. The number of hydrogen-bond donors (Lipinski definition) is 2. The third kappa shape index (κ3) is 2.65. The van der Waals surface area contributed by atoms with Crippen LogP contribution in [0.2, 0.25) is 0 Å². The zero-order chi connectivity index (χ0) is 12.4. The first-order valence-electron chi connectivity index (χ1n) is 4.90. The van der Waals surface area contributed by atoms with E-state index in [0.717, 1.165) is 4.47 Å². The smallest absolute Gasteiger partial charge is 0.275 e. The van der Waals surface area contributed by atoms with Gasteiger partial charge in [-0.2, -0.15) is 0 Å². The number of halogens is 1. The van der Waals surface area contributed by atoms with Crippen LogP contribution in [0.3, 0.4) is 0 Å². The highest BCUT2D eigenvalue weighted by Gasteiger charge is 2.09. The molecule has 6 heteroatoms. The van der Waals surface area contributed by atoms with Gasteiger partial charge in [0.25, 0.3) is 5.91 Å². The van der Waals surface area contributed by atoms with Gasteiger partial charge in [-0.05, 0) is 34.1 Å². The van der Waals surface area contributed by atoms with E-state index in [9.17, 15) is 4.79 Å². The van der Waals surface area contributed by atoms with Gasteiger partial charge in [0, 0.05) is 29.1 Å². The van der Waals surface area contributed by atoms with Gasteiger partial charge >= 0.3 is 0 Å². The summed E-state index contributed by atoms with van der Waals surface area (Å²) < 4.78 is 2.46. The SMILES string of the molecule is Cn1cnc(C(=O)Nc2ccc(N)c(Br)c2)c1. The van der Waals surface area contributed by atoms with Gasteiger partial charge in [-0.3, -0.25) is 4.79 Å². The van der Waals surface area contributed by atoms with Gasteiger partial charge in [0.1, 0.15) is 5.69 Å². The van der Waals surface area contributed by atoms with Crippen molar-refractivity contribution in [2.45, 2.75) is 0 Å². The summed E-state index contributed by atoms with van der Waals surface area (Å²) in [7, 11) is 1.81. The predicted molar refractivity (Wildman–Crippen MR) is 69.7 cm³/mol. The van der Waals surface area contributed by atoms with E-state index in [1.807, 2.05) is 7.05 Å². The first kappa shape index (κ1) is 11.7. The molecule has 0 aliphatic carbocycles. The van der Waals surface area contributed by atoms with Gasteiger partial charge in [0.2, 0.25) is 0 Å². The van der Waals surface area contributed by atoms with Gasteiger partial charge in [-0.1, -0.05) is 0 Å². The summed E-state index contributed by atoms with van der Waals surface area (Å²) in [6.07, 6.45) is 3.23. The largest absolute Gasteiger partial charge is 0.398 e. The van der Waals surface area contributed by atoms with Crippen LogP contribution in [0, 0.1) is 0 Å². The predicted octanol–water partition coefficient (Wildman–Crippen LogP) is 2.02. The molecule has 0 aliphatic rings. The van der Waals surface area contributed by atoms with Crippen LogP contribution >= 0.6 is 15.9 Å². The standard InChI is InChI=1S/C11H11BrN4O/c1-16-5-10(14-6-16)11(17)15-7-2-3-9(13)8(12)4-7/h2-6H,13H2,1H3,(H,15,17). The van der Waals surface area contributed by atoms with Crippen LogP contribution in [0.1, 0.15) is 10.5 Å². The average molecular weight is 295 g/mol. The summed E-state index contributed by atoms with van der Waals surface area (Å²) in [5.74, 6) is -0.248. The van der Waals surface area contributed by atoms with Crippen LogP contribution in [0.15, 0.2) is 35.2 Å². The molecule has 17 heavy (non-hydrogen) atoms. The van der Waals surface area contributed by atoms with Crippen molar-refractivity contribution in [2.24, 2.45) is 7.05 Å². The molecule has 1 aromatic heterocycles. The van der Waals surface area contributed by atoms with E-state index in [2.05, 4.69) is 26.2 Å². The van der Waals surface area contributed by atoms with Crippen molar-refractivity contribution < 1.29 is 4.79 Å². The number of imidazole rings is 1. The van der Waals surface area contributed by atoms with Crippen molar-refractivity contribution in [3.63, 3.8) is 0 Å². The Labute approximate surface area is 107 Å². The lowest BCUT2D eigenvalue weighted by atomic mass is 10.3. The first-order valence-corrected chi connectivity index (χ1v) is 5.70. The lowest BCUT2D eigenvalue weighted by Crippen LogP contribution is -2.12. The van der Waals surface area contributed by atoms with Crippen molar-refractivity contribution in [1.82, 2.24) is 9.55 Å². The Kier molecular flexibility index (Phi) is 3.14. The molecule has 1 amide bonds. The third-order valence-corrected chi connectivity index (χ3v) is 2.88. The number of nitrogen functional groups attached to an aromatic ring is 1. The summed E-state index contributed by atoms with van der Waals surface area (Å²) in [5.41, 5.74) is 7.33. The minimum Gasteiger partial charge on any atom is -0.398 e. The number of nitrogens with two attached hydrogens (primary N) is 1. The van der Waals surface area contributed by atoms with Crippen molar-refractivity contribution in [1.29, 1.82) is 0 Å². The number of aryl methyl sites for hydroxylation is 1. The lowest BCUT2D eigenvalue weighted by molar-refractivity contribution is 0.102. The molecule has 1 heterocycles. The molecule has 88 valence electrons. The molecule has 0 saturated heterocycles. The number of hydrogen-bond acceptors (Lipinski definition) is 3. The van der Waals surface area contributed by atoms with Crippen molar-refractivity contribution >= 4 is 33.2 Å². The molecular weight excluding hydrogens is 284 g/mol. The van der Waals surface area contributed by atoms with Crippen LogP contribution in [0.4, 0.5) is 11.4 Å². The fourth-order valence-electron chi connectivity index (χ4n) is 1.33. The van der Waals surface area contributed by atoms with Crippen LogP contribution < -0.4 is 11.1 Å². The maximum absolute atomic E-state index is 11.8. The van der Waals surface area contributed by atoms with E-state index >= 15 is 0 Å². The van der Waals surface area contributed by atoms with Crippen molar-refractivity contribution in [3.8, 4) is 0 Å². The van der Waals surface area contributed by atoms with Crippen LogP contribution in [0.25, 0.3) is 0 Å². The van der Waals surface area contributed by atoms with E-state index in [1.165, 1.54) is 0 Å². The zero-order valence-corrected chi connectivity index (χ0v) is 10.7. The highest BCUT2D eigenvalue weighted by molar-refractivity contribution is 9.10. The number of carbonyl (C=O) groups excluding carboxylic acids is 1. The molecule has 0 bridgehead atoms. The maximum atomic E-state index is 11.8. The first-order chi connectivity index (χ1) is 8.06. The second-order valence-electron chi connectivity index (χ2n) is 3.61. The van der Waals surface area contributed by atoms with E-state index in [4.69, 9.17) is 5.73 Å². The Morgan fingerprint density at radius 2 is 2.29 bits per heavy atom. The van der Waals surface area contributed by atoms with Crippen LogP contribution in [0.5, 0.6) is 0 Å². The van der Waals surface area contributed by atoms with Crippen molar-refractivity contribution in [2.75, 3.05) is 11.1 Å². The second kappa shape index (κ2) is 4.58. The van der Waals surface area contributed by atoms with Gasteiger partial charge in [-0.25, -0.2) is 4.98 Å². The molecule has 0 aliphatic heterocycles. The quantitative estimate of drug-likeness (QED) is 0.832. The summed E-state index contributed by atoms with van der Waals surface area (Å²) >= 11 is 3.30. The number of nitrogens with zero attached hydrogens (tertiary/aromatic N) is 2. The molecule has 0 unspecified atom stereocenters. The molecule has 3 N–H and O–H groups in total. The highest BCUT2D eigenvalue weighted by atomic mass is 79.9. The number of anilines is 2. The van der Waals surface area contributed by atoms with E-state index in [0.29, 0.717) is 17.1 Å². The van der Waals surface area contributed by atoms with Crippen LogP contribution in [-0.2, 0) is 7.05 Å². The van der Waals surface area contributed by atoms with Crippen molar-refractivity contribution in [3.05, 3.63) is 40.9 Å². The number of nitrogens with one attached hydrogen (secondary N) is 1. The molecule has 0 spiro atoms. The zero-order valence-electron chi connectivity index (χ0n) is 9.14. The van der Waals surface area contributed by atoms with E-state index < -0.39 is 0 Å². The topological polar surface area (TPSA) is 72.9 Å². The summed E-state index contributed by atoms with van der Waals surface area (Å²) in [6, 6.07) is 5.20. The fourth-order valence-corrected chi connectivity index (χ4v) is 1.71. The Morgan fingerprint density at radius 3 is 2.88 bits per heavy atom. The summed E-state index contributed by atoms with van der Waals surface area (Å²) in [4.78, 5) is 15.8. The summed E-state index contributed by atoms with van der Waals surface area (Å²) in [5, 5.41) is 2.74. The maximum Gasteiger partial charge on any atom is 0.275 e. The Bertz CT molecular complexity index is 564. The number of rotatable bonds is 2. The molecule has 2 aromatic rings. The third-order valence-electron chi connectivity index (χ3n) is 2.20. The molecule has 1 aromatic carbocycles. The van der Waals surface area contributed by atoms with Gasteiger partial charge in [-0.15, -0.1) is 0 Å². The molecular formula is C11H11BrN4O. The molecule has 0 radical (unpaired) electrons. The van der Waals surface area contributed by atoms with Gasteiger partial charge in [0.05, 0.1) is 6.33 Å². The lowest BCUT2D eigenvalue weighted by Gasteiger charge is -2.05. The van der Waals surface area contributed by atoms with Crippen LogP contribution in [-0.4, -0.2) is 15.5 Å². The number of benzene rings is 1. The Balaban J connectivity index is 2.15. The van der Waals surface area contributed by atoms with E-state index in [1.54, 1.807) is 35.3 Å². The number of amides is 1. The van der Waals surface area contributed by atoms with Gasteiger partial charge in [0.15, 0.2) is 0 Å².